The second-order valence-electron chi connectivity index (χ2n) is 4.48. The van der Waals surface area contributed by atoms with E-state index in [0.717, 1.165) is 17.7 Å². The minimum Gasteiger partial charge on any atom is -0.478 e. The van der Waals surface area contributed by atoms with Crippen LogP contribution < -0.4 is 5.32 Å². The molecule has 6 heteroatoms. The van der Waals surface area contributed by atoms with Crippen molar-refractivity contribution in [2.24, 2.45) is 7.05 Å². The quantitative estimate of drug-likeness (QED) is 0.889. The molecule has 2 N–H and O–H groups in total. The van der Waals surface area contributed by atoms with Crippen molar-refractivity contribution in [2.45, 2.75) is 19.9 Å². The van der Waals surface area contributed by atoms with Crippen LogP contribution in [0, 0.1) is 0 Å². The van der Waals surface area contributed by atoms with Crippen LogP contribution in [0.3, 0.4) is 0 Å². The number of aromatic nitrogens is 2. The molecule has 0 bridgehead atoms. The SMILES string of the molecule is CCc1nn(C)cc1CNc1ccc(Cl)cc1C(=O)O. The van der Waals surface area contributed by atoms with Crippen LogP contribution in [0.5, 0.6) is 0 Å². The Morgan fingerprint density at radius 3 is 2.90 bits per heavy atom. The number of halogens is 1. The number of aromatic carboxylic acids is 1. The van der Waals surface area contributed by atoms with Gasteiger partial charge >= 0.3 is 5.97 Å². The summed E-state index contributed by atoms with van der Waals surface area (Å²) in [6, 6.07) is 4.78. The van der Waals surface area contributed by atoms with Crippen LogP contribution in [-0.4, -0.2) is 20.9 Å². The van der Waals surface area contributed by atoms with Gasteiger partial charge in [-0.1, -0.05) is 18.5 Å². The molecular formula is C14H16ClN3O2. The number of nitrogens with zero attached hydrogens (tertiary/aromatic N) is 2. The first-order valence-electron chi connectivity index (χ1n) is 6.29. The second kappa shape index (κ2) is 5.96. The van der Waals surface area contributed by atoms with E-state index in [-0.39, 0.29) is 5.56 Å². The van der Waals surface area contributed by atoms with E-state index in [1.54, 1.807) is 16.8 Å². The normalized spacial score (nSPS) is 10.6. The van der Waals surface area contributed by atoms with Crippen molar-refractivity contribution in [2.75, 3.05) is 5.32 Å². The number of hydrogen-bond donors (Lipinski definition) is 2. The van der Waals surface area contributed by atoms with Crippen LogP contribution in [0.4, 0.5) is 5.69 Å². The van der Waals surface area contributed by atoms with Gasteiger partial charge in [0, 0.05) is 36.1 Å². The maximum absolute atomic E-state index is 11.2. The highest BCUT2D eigenvalue weighted by atomic mass is 35.5. The number of rotatable bonds is 5. The molecule has 1 aromatic heterocycles. The Balaban J connectivity index is 2.20. The third kappa shape index (κ3) is 3.11. The van der Waals surface area contributed by atoms with E-state index in [4.69, 9.17) is 11.6 Å². The molecule has 0 spiro atoms. The molecule has 106 valence electrons. The van der Waals surface area contributed by atoms with Crippen LogP contribution in [0.2, 0.25) is 5.02 Å². The van der Waals surface area contributed by atoms with Gasteiger partial charge in [-0.05, 0) is 24.6 Å². The van der Waals surface area contributed by atoms with E-state index in [1.807, 2.05) is 20.2 Å². The monoisotopic (exact) mass is 293 g/mol. The van der Waals surface area contributed by atoms with Crippen LogP contribution >= 0.6 is 11.6 Å². The highest BCUT2D eigenvalue weighted by molar-refractivity contribution is 6.31. The fraction of sp³-hybridized carbons (Fsp3) is 0.286. The van der Waals surface area contributed by atoms with E-state index in [2.05, 4.69) is 10.4 Å². The molecule has 0 unspecified atom stereocenters. The molecule has 1 aromatic carbocycles. The van der Waals surface area contributed by atoms with Gasteiger partial charge in [0.2, 0.25) is 0 Å². The van der Waals surface area contributed by atoms with Gasteiger partial charge in [0.25, 0.3) is 0 Å². The zero-order valence-corrected chi connectivity index (χ0v) is 12.1. The topological polar surface area (TPSA) is 67.2 Å². The first kappa shape index (κ1) is 14.4. The van der Waals surface area contributed by atoms with Crippen molar-refractivity contribution in [1.82, 2.24) is 9.78 Å². The molecule has 0 amide bonds. The van der Waals surface area contributed by atoms with Gasteiger partial charge in [0.1, 0.15) is 0 Å². The van der Waals surface area contributed by atoms with E-state index in [9.17, 15) is 9.90 Å². The van der Waals surface area contributed by atoms with Gasteiger partial charge in [-0.25, -0.2) is 4.79 Å². The third-order valence-electron chi connectivity index (χ3n) is 3.01. The number of carboxylic acid groups (broad SMARTS) is 1. The Hall–Kier alpha value is -2.01. The van der Waals surface area contributed by atoms with Gasteiger partial charge < -0.3 is 10.4 Å². The largest absolute Gasteiger partial charge is 0.478 e. The Bertz CT molecular complexity index is 637. The number of carboxylic acids is 1. The summed E-state index contributed by atoms with van der Waals surface area (Å²) in [5, 5.41) is 17.1. The molecule has 0 aliphatic heterocycles. The fourth-order valence-electron chi connectivity index (χ4n) is 2.07. The zero-order chi connectivity index (χ0) is 14.7. The van der Waals surface area contributed by atoms with Gasteiger partial charge in [-0.2, -0.15) is 5.10 Å². The molecule has 0 fully saturated rings. The molecule has 20 heavy (non-hydrogen) atoms. The van der Waals surface area contributed by atoms with Gasteiger partial charge in [0.15, 0.2) is 0 Å². The van der Waals surface area contributed by atoms with Crippen LogP contribution in [0.25, 0.3) is 0 Å². The Morgan fingerprint density at radius 1 is 1.50 bits per heavy atom. The van der Waals surface area contributed by atoms with Crippen molar-refractivity contribution in [3.05, 3.63) is 46.2 Å². The van der Waals surface area contributed by atoms with Crippen LogP contribution in [0.1, 0.15) is 28.5 Å². The summed E-state index contributed by atoms with van der Waals surface area (Å²) in [7, 11) is 1.87. The lowest BCUT2D eigenvalue weighted by molar-refractivity contribution is 0.0698. The van der Waals surface area contributed by atoms with Gasteiger partial charge in [-0.3, -0.25) is 4.68 Å². The minimum absolute atomic E-state index is 0.166. The van der Waals surface area contributed by atoms with Crippen molar-refractivity contribution < 1.29 is 9.90 Å². The summed E-state index contributed by atoms with van der Waals surface area (Å²) in [5.74, 6) is -1.00. The summed E-state index contributed by atoms with van der Waals surface area (Å²) >= 11 is 5.82. The average Bonchev–Trinajstić information content (AvgIpc) is 2.77. The Labute approximate surface area is 122 Å². The molecule has 0 saturated carbocycles. The molecule has 0 aliphatic carbocycles. The van der Waals surface area contributed by atoms with Crippen molar-refractivity contribution in [1.29, 1.82) is 0 Å². The van der Waals surface area contributed by atoms with E-state index < -0.39 is 5.97 Å². The number of hydrogen-bond acceptors (Lipinski definition) is 3. The lowest BCUT2D eigenvalue weighted by Gasteiger charge is -2.09. The first-order valence-corrected chi connectivity index (χ1v) is 6.67. The minimum atomic E-state index is -1.00. The summed E-state index contributed by atoms with van der Waals surface area (Å²) < 4.78 is 1.76. The zero-order valence-electron chi connectivity index (χ0n) is 11.4. The molecular weight excluding hydrogens is 278 g/mol. The fourth-order valence-corrected chi connectivity index (χ4v) is 2.24. The Morgan fingerprint density at radius 2 is 2.25 bits per heavy atom. The molecule has 0 aliphatic rings. The first-order chi connectivity index (χ1) is 9.51. The lowest BCUT2D eigenvalue weighted by Crippen LogP contribution is -2.07. The predicted octanol–water partition coefficient (Wildman–Crippen LogP) is 2.95. The summed E-state index contributed by atoms with van der Waals surface area (Å²) in [5.41, 5.74) is 2.78. The van der Waals surface area contributed by atoms with Crippen LogP contribution in [-0.2, 0) is 20.0 Å². The lowest BCUT2D eigenvalue weighted by atomic mass is 10.1. The van der Waals surface area contributed by atoms with Gasteiger partial charge in [0.05, 0.1) is 11.3 Å². The highest BCUT2D eigenvalue weighted by Gasteiger charge is 2.12. The number of aryl methyl sites for hydroxylation is 2. The summed E-state index contributed by atoms with van der Waals surface area (Å²) in [4.78, 5) is 11.2. The molecule has 5 nitrogen and oxygen atoms in total. The second-order valence-corrected chi connectivity index (χ2v) is 4.91. The molecule has 0 atom stereocenters. The predicted molar refractivity (Wildman–Crippen MR) is 78.3 cm³/mol. The van der Waals surface area contributed by atoms with Crippen molar-refractivity contribution >= 4 is 23.3 Å². The van der Waals surface area contributed by atoms with Crippen molar-refractivity contribution in [3.63, 3.8) is 0 Å². The number of benzene rings is 1. The third-order valence-corrected chi connectivity index (χ3v) is 3.24. The van der Waals surface area contributed by atoms with Gasteiger partial charge in [-0.15, -0.1) is 0 Å². The van der Waals surface area contributed by atoms with Crippen LogP contribution in [0.15, 0.2) is 24.4 Å². The smallest absolute Gasteiger partial charge is 0.337 e. The standard InChI is InChI=1S/C14H16ClN3O2/c1-3-12-9(8-18(2)17-12)7-16-13-5-4-10(15)6-11(13)14(19)20/h4-6,8,16H,3,7H2,1-2H3,(H,19,20). The number of nitrogens with one attached hydrogen (secondary N) is 1. The highest BCUT2D eigenvalue weighted by Crippen LogP contribution is 2.21. The van der Waals surface area contributed by atoms with E-state index in [1.165, 1.54) is 6.07 Å². The average molecular weight is 294 g/mol. The number of carbonyl (C=O) groups is 1. The maximum atomic E-state index is 11.2. The van der Waals surface area contributed by atoms with Crippen molar-refractivity contribution in [3.8, 4) is 0 Å². The molecule has 0 saturated heterocycles. The van der Waals surface area contributed by atoms with E-state index in [0.29, 0.717) is 17.3 Å². The number of anilines is 1. The molecule has 2 rings (SSSR count). The summed E-state index contributed by atoms with van der Waals surface area (Å²) in [6.07, 6.45) is 2.77. The molecule has 1 heterocycles. The van der Waals surface area contributed by atoms with E-state index >= 15 is 0 Å². The Kier molecular flexibility index (Phi) is 4.29. The molecule has 2 aromatic rings. The molecule has 0 radical (unpaired) electrons. The maximum Gasteiger partial charge on any atom is 0.337 e. The summed E-state index contributed by atoms with van der Waals surface area (Å²) in [6.45, 7) is 2.57.